The van der Waals surface area contributed by atoms with Crippen molar-refractivity contribution in [2.75, 3.05) is 13.1 Å². The predicted molar refractivity (Wildman–Crippen MR) is 77.8 cm³/mol. The van der Waals surface area contributed by atoms with Gasteiger partial charge in [-0.2, -0.15) is 0 Å². The number of hydrogen-bond donors (Lipinski definition) is 1. The van der Waals surface area contributed by atoms with Gasteiger partial charge in [-0.25, -0.2) is 8.78 Å². The molecule has 1 aromatic rings. The van der Waals surface area contributed by atoms with Gasteiger partial charge in [-0.05, 0) is 60.4 Å². The third-order valence-corrected chi connectivity index (χ3v) is 4.65. The lowest BCUT2D eigenvalue weighted by Gasteiger charge is -2.36. The van der Waals surface area contributed by atoms with Crippen LogP contribution >= 0.6 is 15.9 Å². The van der Waals surface area contributed by atoms with Crippen LogP contribution in [-0.2, 0) is 0 Å². The van der Waals surface area contributed by atoms with Crippen LogP contribution in [0.25, 0.3) is 0 Å². The second-order valence-electron chi connectivity index (χ2n) is 5.33. The van der Waals surface area contributed by atoms with Crippen molar-refractivity contribution < 1.29 is 13.6 Å². The van der Waals surface area contributed by atoms with E-state index in [0.29, 0.717) is 32.4 Å². The molecule has 0 aromatic heterocycles. The molecule has 0 radical (unpaired) electrons. The van der Waals surface area contributed by atoms with E-state index in [1.165, 1.54) is 6.07 Å². The van der Waals surface area contributed by atoms with E-state index in [4.69, 9.17) is 0 Å². The molecule has 0 amide bonds. The van der Waals surface area contributed by atoms with Crippen molar-refractivity contribution in [3.05, 3.63) is 33.8 Å². The molecule has 1 N–H and O–H groups in total. The van der Waals surface area contributed by atoms with E-state index in [2.05, 4.69) is 21.2 Å². The van der Waals surface area contributed by atoms with Gasteiger partial charge in [0.05, 0.1) is 10.0 Å². The highest BCUT2D eigenvalue weighted by molar-refractivity contribution is 9.10. The molecule has 1 fully saturated rings. The van der Waals surface area contributed by atoms with E-state index in [0.717, 1.165) is 12.5 Å². The predicted octanol–water partition coefficient (Wildman–Crippen LogP) is 4.08. The third kappa shape index (κ3) is 2.79. The first-order valence-electron chi connectivity index (χ1n) is 6.91. The zero-order valence-electron chi connectivity index (χ0n) is 11.4. The largest absolute Gasteiger partial charge is 0.317 e. The molecule has 1 heterocycles. The maximum absolute atomic E-state index is 14.2. The first-order valence-corrected chi connectivity index (χ1v) is 7.70. The summed E-state index contributed by atoms with van der Waals surface area (Å²) in [7, 11) is 0. The highest BCUT2D eigenvalue weighted by atomic mass is 79.9. The Morgan fingerprint density at radius 2 is 2.00 bits per heavy atom. The minimum atomic E-state index is -0.788. The van der Waals surface area contributed by atoms with Crippen LogP contribution in [0.4, 0.5) is 8.78 Å². The molecule has 1 saturated heterocycles. The van der Waals surface area contributed by atoms with Crippen LogP contribution in [0.2, 0.25) is 0 Å². The maximum Gasteiger partial charge on any atom is 0.175 e. The van der Waals surface area contributed by atoms with E-state index in [1.807, 2.05) is 6.92 Å². The lowest BCUT2D eigenvalue weighted by Crippen LogP contribution is -2.42. The Morgan fingerprint density at radius 1 is 1.35 bits per heavy atom. The number of Topliss-reactive ketones (excluding diaryl/α,β-unsaturated/α-hetero) is 1. The van der Waals surface area contributed by atoms with Crippen LogP contribution in [0, 0.1) is 17.0 Å². The van der Waals surface area contributed by atoms with Crippen LogP contribution in [0.3, 0.4) is 0 Å². The second kappa shape index (κ2) is 6.31. The molecule has 2 nitrogen and oxygen atoms in total. The Bertz CT molecular complexity index is 507. The van der Waals surface area contributed by atoms with Crippen molar-refractivity contribution in [1.82, 2.24) is 5.32 Å². The zero-order chi connectivity index (χ0) is 14.8. The summed E-state index contributed by atoms with van der Waals surface area (Å²) in [5.74, 6) is -1.95. The quantitative estimate of drug-likeness (QED) is 0.658. The Hall–Kier alpha value is -0.810. The number of rotatable bonds is 4. The first kappa shape index (κ1) is 15.6. The topological polar surface area (TPSA) is 29.1 Å². The minimum Gasteiger partial charge on any atom is -0.317 e. The van der Waals surface area contributed by atoms with Gasteiger partial charge >= 0.3 is 0 Å². The summed E-state index contributed by atoms with van der Waals surface area (Å²) < 4.78 is 28.2. The summed E-state index contributed by atoms with van der Waals surface area (Å²) in [5, 5.41) is 3.20. The molecule has 0 saturated carbocycles. The lowest BCUT2D eigenvalue weighted by molar-refractivity contribution is 0.0694. The average Bonchev–Trinajstić information content (AvgIpc) is 2.44. The molecule has 1 aliphatic heterocycles. The molecule has 0 bridgehead atoms. The van der Waals surface area contributed by atoms with E-state index in [1.54, 1.807) is 0 Å². The van der Waals surface area contributed by atoms with Crippen LogP contribution in [0.1, 0.15) is 43.0 Å². The van der Waals surface area contributed by atoms with Crippen LogP contribution in [0.5, 0.6) is 0 Å². The lowest BCUT2D eigenvalue weighted by atomic mass is 9.70. The van der Waals surface area contributed by atoms with Gasteiger partial charge in [0, 0.05) is 5.41 Å². The van der Waals surface area contributed by atoms with Crippen molar-refractivity contribution in [1.29, 1.82) is 0 Å². The Morgan fingerprint density at radius 3 is 2.60 bits per heavy atom. The fraction of sp³-hybridized carbons (Fsp3) is 0.533. The van der Waals surface area contributed by atoms with Crippen molar-refractivity contribution in [2.24, 2.45) is 5.41 Å². The number of nitrogens with one attached hydrogen (secondary N) is 1. The van der Waals surface area contributed by atoms with Gasteiger partial charge in [-0.1, -0.05) is 13.3 Å². The van der Waals surface area contributed by atoms with Crippen LogP contribution in [0.15, 0.2) is 16.6 Å². The number of halogens is 3. The number of hydrogen-bond acceptors (Lipinski definition) is 2. The number of benzene rings is 1. The summed E-state index contributed by atoms with van der Waals surface area (Å²) in [6.45, 7) is 3.41. The van der Waals surface area contributed by atoms with Gasteiger partial charge in [-0.3, -0.25) is 4.79 Å². The van der Waals surface area contributed by atoms with Gasteiger partial charge in [0.15, 0.2) is 11.6 Å². The highest BCUT2D eigenvalue weighted by Gasteiger charge is 2.41. The second-order valence-corrected chi connectivity index (χ2v) is 6.18. The zero-order valence-corrected chi connectivity index (χ0v) is 13.0. The molecular weight excluding hydrogens is 328 g/mol. The summed E-state index contributed by atoms with van der Waals surface area (Å²) in [5.41, 5.74) is -1.03. The normalized spacial score (nSPS) is 18.0. The monoisotopic (exact) mass is 345 g/mol. The molecule has 0 atom stereocenters. The first-order chi connectivity index (χ1) is 9.52. The van der Waals surface area contributed by atoms with Crippen LogP contribution < -0.4 is 5.32 Å². The molecular formula is C15H18BrF2NO. The van der Waals surface area contributed by atoms with Gasteiger partial charge in [0.25, 0.3) is 0 Å². The van der Waals surface area contributed by atoms with Gasteiger partial charge in [-0.15, -0.1) is 0 Å². The summed E-state index contributed by atoms with van der Waals surface area (Å²) in [4.78, 5) is 12.8. The molecule has 1 aliphatic rings. The Balaban J connectivity index is 2.45. The Kier molecular flexibility index (Phi) is 4.91. The van der Waals surface area contributed by atoms with E-state index >= 15 is 0 Å². The number of piperidine rings is 1. The number of ketones is 1. The fourth-order valence-electron chi connectivity index (χ4n) is 2.97. The van der Waals surface area contributed by atoms with E-state index < -0.39 is 28.4 Å². The Labute approximate surface area is 126 Å². The number of carbonyl (C=O) groups excluding carboxylic acids is 1. The van der Waals surface area contributed by atoms with Gasteiger partial charge in [0.2, 0.25) is 0 Å². The SMILES string of the molecule is CCCC1(C(=O)c2c(F)ccc(Br)c2F)CCNCC1. The van der Waals surface area contributed by atoms with E-state index in [-0.39, 0.29) is 4.47 Å². The van der Waals surface area contributed by atoms with Crippen molar-refractivity contribution in [3.63, 3.8) is 0 Å². The molecule has 0 spiro atoms. The van der Waals surface area contributed by atoms with Crippen molar-refractivity contribution in [3.8, 4) is 0 Å². The number of carbonyl (C=O) groups is 1. The van der Waals surface area contributed by atoms with Crippen LogP contribution in [-0.4, -0.2) is 18.9 Å². The molecule has 0 aliphatic carbocycles. The fourth-order valence-corrected chi connectivity index (χ4v) is 3.31. The minimum absolute atomic E-state index is 0.128. The maximum atomic E-state index is 14.2. The molecule has 20 heavy (non-hydrogen) atoms. The molecule has 1 aromatic carbocycles. The molecule has 0 unspecified atom stereocenters. The standard InChI is InChI=1S/C15H18BrF2NO/c1-2-5-15(6-8-19-9-7-15)14(20)12-11(17)4-3-10(16)13(12)18/h3-4,19H,2,5-9H2,1H3. The van der Waals surface area contributed by atoms with E-state index in [9.17, 15) is 13.6 Å². The highest BCUT2D eigenvalue weighted by Crippen LogP contribution is 2.39. The van der Waals surface area contributed by atoms with Gasteiger partial charge in [0.1, 0.15) is 5.82 Å². The van der Waals surface area contributed by atoms with Crippen molar-refractivity contribution in [2.45, 2.75) is 32.6 Å². The van der Waals surface area contributed by atoms with Gasteiger partial charge < -0.3 is 5.32 Å². The summed E-state index contributed by atoms with van der Waals surface area (Å²) in [6.07, 6.45) is 2.75. The molecule has 110 valence electrons. The smallest absolute Gasteiger partial charge is 0.175 e. The average molecular weight is 346 g/mol. The third-order valence-electron chi connectivity index (χ3n) is 4.04. The molecule has 5 heteroatoms. The van der Waals surface area contributed by atoms with Crippen molar-refractivity contribution >= 4 is 21.7 Å². The summed E-state index contributed by atoms with van der Waals surface area (Å²) >= 11 is 3.02. The summed E-state index contributed by atoms with van der Waals surface area (Å²) in [6, 6.07) is 2.43. The molecule has 2 rings (SSSR count).